The van der Waals surface area contributed by atoms with Crippen LogP contribution in [0, 0.1) is 5.82 Å². The van der Waals surface area contributed by atoms with Gasteiger partial charge in [0.2, 0.25) is 5.95 Å². The number of fused-ring (bicyclic) bond motifs is 1. The second-order valence-corrected chi connectivity index (χ2v) is 10.6. The second kappa shape index (κ2) is 9.22. The van der Waals surface area contributed by atoms with Gasteiger partial charge in [0.15, 0.2) is 5.82 Å². The van der Waals surface area contributed by atoms with Crippen LogP contribution in [0.4, 0.5) is 20.8 Å². The van der Waals surface area contributed by atoms with Crippen molar-refractivity contribution < 1.29 is 31.9 Å². The summed E-state index contributed by atoms with van der Waals surface area (Å²) in [5.41, 5.74) is -0.716. The quantitative estimate of drug-likeness (QED) is 0.547. The van der Waals surface area contributed by atoms with E-state index in [9.17, 15) is 18.0 Å². The summed E-state index contributed by atoms with van der Waals surface area (Å²) in [7, 11) is -2.96. The first kappa shape index (κ1) is 25.1. The van der Waals surface area contributed by atoms with Gasteiger partial charge in [-0.15, -0.1) is 0 Å². The van der Waals surface area contributed by atoms with Crippen LogP contribution in [0.1, 0.15) is 26.3 Å². The lowest BCUT2D eigenvalue weighted by Crippen LogP contribution is -2.35. The van der Waals surface area contributed by atoms with Gasteiger partial charge in [-0.2, -0.15) is 8.42 Å². The molecule has 2 heterocycles. The van der Waals surface area contributed by atoms with Crippen LogP contribution < -0.4 is 18.7 Å². The summed E-state index contributed by atoms with van der Waals surface area (Å²) in [5.74, 6) is -1.93. The second-order valence-electron chi connectivity index (χ2n) is 8.99. The summed E-state index contributed by atoms with van der Waals surface area (Å²) in [6, 6.07) is 10.3. The molecule has 0 spiro atoms. The summed E-state index contributed by atoms with van der Waals surface area (Å²) >= 11 is 0. The minimum absolute atomic E-state index is 0.0878. The zero-order chi connectivity index (χ0) is 26.3. The molecule has 36 heavy (non-hydrogen) atoms. The lowest BCUT2D eigenvalue weighted by Gasteiger charge is -2.24. The normalized spacial score (nSPS) is 15.0. The molecule has 2 amide bonds. The van der Waals surface area contributed by atoms with E-state index in [1.165, 1.54) is 19.3 Å². The molecule has 0 atom stereocenters. The smallest absolute Gasteiger partial charge is 0.416 e. The van der Waals surface area contributed by atoms with E-state index in [0.717, 1.165) is 10.5 Å². The molecule has 2 aromatic carbocycles. The number of rotatable bonds is 5. The predicted octanol–water partition coefficient (Wildman–Crippen LogP) is 2.90. The average Bonchev–Trinajstić information content (AvgIpc) is 3.09. The first-order valence-corrected chi connectivity index (χ1v) is 12.3. The first-order chi connectivity index (χ1) is 16.9. The van der Waals surface area contributed by atoms with Crippen molar-refractivity contribution >= 4 is 44.7 Å². The molecule has 1 N–H and O–H groups in total. The van der Waals surface area contributed by atoms with Crippen LogP contribution in [0.25, 0.3) is 10.9 Å². The predicted molar refractivity (Wildman–Crippen MR) is 129 cm³/mol. The fourth-order valence-corrected chi connectivity index (χ4v) is 4.52. The van der Waals surface area contributed by atoms with Gasteiger partial charge in [-0.1, -0.05) is 30.3 Å². The molecule has 0 unspecified atom stereocenters. The monoisotopic (exact) mass is 517 g/mol. The van der Waals surface area contributed by atoms with E-state index in [1.807, 2.05) is 35.1 Å². The number of nitrogens with one attached hydrogen (secondary N) is 1. The van der Waals surface area contributed by atoms with Crippen molar-refractivity contribution in [3.05, 3.63) is 54.0 Å². The van der Waals surface area contributed by atoms with E-state index in [2.05, 4.69) is 9.97 Å². The third-order valence-corrected chi connectivity index (χ3v) is 6.43. The SMILES string of the molecule is CN(C(=O)OC(C)(C)C)c1ncc2c(OCc3ccccc3)cc(N3CC(=O)NS3(=O)=O)c(F)c2n1. The van der Waals surface area contributed by atoms with Gasteiger partial charge in [-0.25, -0.2) is 33.1 Å². The number of benzene rings is 2. The van der Waals surface area contributed by atoms with Crippen molar-refractivity contribution in [2.75, 3.05) is 22.8 Å². The highest BCUT2D eigenvalue weighted by Gasteiger charge is 2.37. The van der Waals surface area contributed by atoms with Crippen LogP contribution in [-0.4, -0.2) is 49.6 Å². The Hall–Kier alpha value is -4.00. The van der Waals surface area contributed by atoms with E-state index < -0.39 is 45.9 Å². The third kappa shape index (κ3) is 5.15. The Morgan fingerprint density at radius 2 is 1.94 bits per heavy atom. The van der Waals surface area contributed by atoms with Crippen molar-refractivity contribution in [1.29, 1.82) is 0 Å². The van der Waals surface area contributed by atoms with Crippen LogP contribution in [0.3, 0.4) is 0 Å². The Bertz CT molecular complexity index is 1440. The van der Waals surface area contributed by atoms with E-state index >= 15 is 4.39 Å². The molecular formula is C23H24FN5O6S. The topological polar surface area (TPSA) is 131 Å². The molecular weight excluding hydrogens is 493 g/mol. The minimum Gasteiger partial charge on any atom is -0.488 e. The number of nitrogens with zero attached hydrogens (tertiary/aromatic N) is 4. The number of ether oxygens (including phenoxy) is 2. The van der Waals surface area contributed by atoms with E-state index in [1.54, 1.807) is 20.8 Å². The summed E-state index contributed by atoms with van der Waals surface area (Å²) in [5, 5.41) is 0.143. The maximum atomic E-state index is 15.7. The molecule has 0 aliphatic carbocycles. The van der Waals surface area contributed by atoms with Gasteiger partial charge in [-0.05, 0) is 26.3 Å². The lowest BCUT2D eigenvalue weighted by atomic mass is 10.2. The zero-order valence-corrected chi connectivity index (χ0v) is 20.8. The van der Waals surface area contributed by atoms with Gasteiger partial charge in [0, 0.05) is 19.3 Å². The number of aromatic nitrogens is 2. The van der Waals surface area contributed by atoms with Crippen LogP contribution in [0.5, 0.6) is 5.75 Å². The fourth-order valence-electron chi connectivity index (χ4n) is 3.38. The summed E-state index contributed by atoms with van der Waals surface area (Å²) < 4.78 is 54.2. The standard InChI is InChI=1S/C23H24FN5O6S/c1-23(2,3)35-22(31)28(4)21-25-11-15-17(34-13-14-8-6-5-7-9-14)10-16(19(24)20(15)26-21)29-12-18(30)27-36(29,32)33/h5-11H,12-13H2,1-4H3,(H,27,30). The number of amides is 2. The van der Waals surface area contributed by atoms with Gasteiger partial charge < -0.3 is 9.47 Å². The molecule has 1 saturated heterocycles. The summed E-state index contributed by atoms with van der Waals surface area (Å²) in [4.78, 5) is 33.6. The Labute approximate surface area is 207 Å². The minimum atomic E-state index is -4.31. The highest BCUT2D eigenvalue weighted by molar-refractivity contribution is 7.92. The van der Waals surface area contributed by atoms with Crippen molar-refractivity contribution in [1.82, 2.24) is 14.7 Å². The largest absolute Gasteiger partial charge is 0.488 e. The molecule has 1 aliphatic rings. The van der Waals surface area contributed by atoms with Crippen LogP contribution in [0.15, 0.2) is 42.6 Å². The van der Waals surface area contributed by atoms with Crippen LogP contribution in [0.2, 0.25) is 0 Å². The fraction of sp³-hybridized carbons (Fsp3) is 0.304. The molecule has 0 radical (unpaired) electrons. The maximum absolute atomic E-state index is 15.7. The van der Waals surface area contributed by atoms with Crippen LogP contribution in [-0.2, 0) is 26.3 Å². The highest BCUT2D eigenvalue weighted by Crippen LogP contribution is 2.37. The lowest BCUT2D eigenvalue weighted by molar-refractivity contribution is -0.117. The number of halogens is 1. The van der Waals surface area contributed by atoms with Gasteiger partial charge in [0.1, 0.15) is 30.0 Å². The molecule has 13 heteroatoms. The Morgan fingerprint density at radius 1 is 1.25 bits per heavy atom. The Balaban J connectivity index is 1.82. The Kier molecular flexibility index (Phi) is 6.43. The molecule has 0 saturated carbocycles. The Morgan fingerprint density at radius 3 is 2.56 bits per heavy atom. The number of hydrogen-bond acceptors (Lipinski definition) is 8. The molecule has 1 fully saturated rings. The number of hydrogen-bond donors (Lipinski definition) is 1. The van der Waals surface area contributed by atoms with Gasteiger partial charge in [-0.3, -0.25) is 4.79 Å². The molecule has 0 bridgehead atoms. The van der Waals surface area contributed by atoms with Gasteiger partial charge >= 0.3 is 16.3 Å². The molecule has 190 valence electrons. The van der Waals surface area contributed by atoms with Crippen molar-refractivity contribution in [3.8, 4) is 5.75 Å². The first-order valence-electron chi connectivity index (χ1n) is 10.8. The number of carbonyl (C=O) groups excluding carboxylic acids is 2. The number of anilines is 2. The van der Waals surface area contributed by atoms with E-state index in [4.69, 9.17) is 9.47 Å². The summed E-state index contributed by atoms with van der Waals surface area (Å²) in [6.07, 6.45) is 0.504. The van der Waals surface area contributed by atoms with E-state index in [0.29, 0.717) is 4.31 Å². The maximum Gasteiger partial charge on any atom is 0.416 e. The third-order valence-electron chi connectivity index (χ3n) is 5.04. The van der Waals surface area contributed by atoms with Gasteiger partial charge in [0.25, 0.3) is 5.91 Å². The zero-order valence-electron chi connectivity index (χ0n) is 20.0. The highest BCUT2D eigenvalue weighted by atomic mass is 32.2. The van der Waals surface area contributed by atoms with Crippen molar-refractivity contribution in [2.45, 2.75) is 33.0 Å². The number of carbonyl (C=O) groups is 2. The summed E-state index contributed by atoms with van der Waals surface area (Å²) in [6.45, 7) is 4.54. The van der Waals surface area contributed by atoms with Crippen molar-refractivity contribution in [2.24, 2.45) is 0 Å². The average molecular weight is 518 g/mol. The molecule has 11 nitrogen and oxygen atoms in total. The molecule has 4 rings (SSSR count). The molecule has 1 aromatic heterocycles. The van der Waals surface area contributed by atoms with Crippen LogP contribution >= 0.6 is 0 Å². The molecule has 1 aliphatic heterocycles. The van der Waals surface area contributed by atoms with Gasteiger partial charge in [0.05, 0.1) is 11.1 Å². The van der Waals surface area contributed by atoms with Crippen molar-refractivity contribution in [3.63, 3.8) is 0 Å². The van der Waals surface area contributed by atoms with E-state index in [-0.39, 0.29) is 29.2 Å². The molecule has 3 aromatic rings.